The molecule has 0 bridgehead atoms. The topological polar surface area (TPSA) is 89.8 Å². The van der Waals surface area contributed by atoms with Crippen LogP contribution in [0.5, 0.6) is 0 Å². The van der Waals surface area contributed by atoms with Crippen LogP contribution in [-0.4, -0.2) is 35.7 Å². The summed E-state index contributed by atoms with van der Waals surface area (Å²) < 4.78 is 13.2. The molecule has 0 aliphatic carbocycles. The van der Waals surface area contributed by atoms with Gasteiger partial charge in [0.05, 0.1) is 5.41 Å². The third kappa shape index (κ3) is 3.26. The number of H-pyrrole nitrogens is 2. The number of carbonyl (C=O) groups excluding carboxylic acids is 1. The smallest absolute Gasteiger partial charge is 0.267 e. The zero-order chi connectivity index (χ0) is 17.0. The summed E-state index contributed by atoms with van der Waals surface area (Å²) in [6.45, 7) is 1.77. The van der Waals surface area contributed by atoms with Crippen molar-refractivity contribution in [1.29, 1.82) is 0 Å². The molecule has 1 aliphatic rings. The van der Waals surface area contributed by atoms with Crippen LogP contribution < -0.4 is 16.2 Å². The number of hydrogen-bond donors (Lipinski definition) is 4. The van der Waals surface area contributed by atoms with Crippen LogP contribution >= 0.6 is 0 Å². The molecule has 0 spiro atoms. The molecule has 2 heterocycles. The first-order valence-electron chi connectivity index (χ1n) is 8.12. The van der Waals surface area contributed by atoms with Crippen LogP contribution in [0.25, 0.3) is 0 Å². The SMILES string of the molecule is O=C(NCCc1c[nH][nH]c1=O)[C@]1(c2ccc(F)cc2)CCCNC1. The molecule has 1 amide bonds. The van der Waals surface area contributed by atoms with Crippen molar-refractivity contribution in [1.82, 2.24) is 20.8 Å². The number of rotatable bonds is 5. The summed E-state index contributed by atoms with van der Waals surface area (Å²) >= 11 is 0. The summed E-state index contributed by atoms with van der Waals surface area (Å²) in [7, 11) is 0. The Morgan fingerprint density at radius 2 is 2.08 bits per heavy atom. The Hall–Kier alpha value is -2.41. The Kier molecular flexibility index (Phi) is 4.80. The molecule has 1 saturated heterocycles. The molecule has 4 N–H and O–H groups in total. The van der Waals surface area contributed by atoms with Gasteiger partial charge in [-0.1, -0.05) is 12.1 Å². The third-order valence-electron chi connectivity index (χ3n) is 4.62. The Morgan fingerprint density at radius 3 is 2.71 bits per heavy atom. The minimum absolute atomic E-state index is 0.0896. The maximum atomic E-state index is 13.2. The largest absolute Gasteiger partial charge is 0.355 e. The monoisotopic (exact) mass is 332 g/mol. The van der Waals surface area contributed by atoms with E-state index in [1.807, 2.05) is 0 Å². The molecule has 7 heteroatoms. The number of benzene rings is 1. The van der Waals surface area contributed by atoms with Crippen molar-refractivity contribution in [3.63, 3.8) is 0 Å². The van der Waals surface area contributed by atoms with E-state index in [-0.39, 0.29) is 17.3 Å². The average Bonchev–Trinajstić information content (AvgIpc) is 3.01. The van der Waals surface area contributed by atoms with Crippen LogP contribution in [-0.2, 0) is 16.6 Å². The standard InChI is InChI=1S/C17H21FN4O2/c18-14-4-2-13(3-5-14)17(7-1-8-19-11-17)16(24)20-9-6-12-10-21-22-15(12)23/h2-5,10,19H,1,6-9,11H2,(H,20,24)(H2,21,22,23)/t17-/m1/s1. The lowest BCUT2D eigenvalue weighted by atomic mass is 9.74. The Morgan fingerprint density at radius 1 is 1.29 bits per heavy atom. The predicted molar refractivity (Wildman–Crippen MR) is 88.3 cm³/mol. The highest BCUT2D eigenvalue weighted by Gasteiger charge is 2.41. The lowest BCUT2D eigenvalue weighted by molar-refractivity contribution is -0.127. The van der Waals surface area contributed by atoms with Crippen LogP contribution in [0.1, 0.15) is 24.0 Å². The Bertz CT molecular complexity index is 744. The summed E-state index contributed by atoms with van der Waals surface area (Å²) in [5, 5.41) is 11.3. The molecule has 1 aromatic carbocycles. The molecule has 0 saturated carbocycles. The van der Waals surface area contributed by atoms with Crippen molar-refractivity contribution < 1.29 is 9.18 Å². The maximum Gasteiger partial charge on any atom is 0.267 e. The van der Waals surface area contributed by atoms with Gasteiger partial charge in [-0.05, 0) is 43.5 Å². The van der Waals surface area contributed by atoms with E-state index in [1.54, 1.807) is 18.3 Å². The number of amides is 1. The summed E-state index contributed by atoms with van der Waals surface area (Å²) in [4.78, 5) is 24.3. The molecular formula is C17H21FN4O2. The van der Waals surface area contributed by atoms with E-state index in [0.717, 1.165) is 18.5 Å². The maximum absolute atomic E-state index is 13.2. The van der Waals surface area contributed by atoms with Gasteiger partial charge in [-0.25, -0.2) is 4.39 Å². The van der Waals surface area contributed by atoms with Crippen molar-refractivity contribution in [2.75, 3.05) is 19.6 Å². The first kappa shape index (κ1) is 16.4. The molecule has 1 aromatic heterocycles. The lowest BCUT2D eigenvalue weighted by Gasteiger charge is -2.36. The van der Waals surface area contributed by atoms with Gasteiger partial charge in [0.1, 0.15) is 5.82 Å². The average molecular weight is 332 g/mol. The first-order chi connectivity index (χ1) is 11.6. The van der Waals surface area contributed by atoms with E-state index in [2.05, 4.69) is 20.8 Å². The van der Waals surface area contributed by atoms with E-state index >= 15 is 0 Å². The van der Waals surface area contributed by atoms with E-state index in [0.29, 0.717) is 31.5 Å². The number of piperidine rings is 1. The Labute approximate surface area is 138 Å². The number of carbonyl (C=O) groups is 1. The van der Waals surface area contributed by atoms with Gasteiger partial charge in [0, 0.05) is 24.8 Å². The van der Waals surface area contributed by atoms with Gasteiger partial charge in [0.25, 0.3) is 5.56 Å². The highest BCUT2D eigenvalue weighted by molar-refractivity contribution is 5.88. The molecule has 0 radical (unpaired) electrons. The second kappa shape index (κ2) is 7.00. The minimum atomic E-state index is -0.698. The molecule has 2 aromatic rings. The molecular weight excluding hydrogens is 311 g/mol. The second-order valence-corrected chi connectivity index (χ2v) is 6.14. The predicted octanol–water partition coefficient (Wildman–Crippen LogP) is 0.822. The van der Waals surface area contributed by atoms with Crippen LogP contribution in [0.15, 0.2) is 35.3 Å². The number of halogens is 1. The zero-order valence-corrected chi connectivity index (χ0v) is 13.3. The van der Waals surface area contributed by atoms with Gasteiger partial charge < -0.3 is 15.7 Å². The van der Waals surface area contributed by atoms with Crippen LogP contribution in [0.4, 0.5) is 4.39 Å². The molecule has 1 atom stereocenters. The van der Waals surface area contributed by atoms with Gasteiger partial charge in [0.2, 0.25) is 5.91 Å². The van der Waals surface area contributed by atoms with Crippen LogP contribution in [0.3, 0.4) is 0 Å². The molecule has 1 fully saturated rings. The second-order valence-electron chi connectivity index (χ2n) is 6.14. The fourth-order valence-electron chi connectivity index (χ4n) is 3.25. The van der Waals surface area contributed by atoms with E-state index in [9.17, 15) is 14.0 Å². The molecule has 24 heavy (non-hydrogen) atoms. The molecule has 1 aliphatic heterocycles. The zero-order valence-electron chi connectivity index (χ0n) is 13.3. The van der Waals surface area contributed by atoms with E-state index < -0.39 is 5.41 Å². The fraction of sp³-hybridized carbons (Fsp3) is 0.412. The van der Waals surface area contributed by atoms with Crippen molar-refractivity contribution >= 4 is 5.91 Å². The summed E-state index contributed by atoms with van der Waals surface area (Å²) in [6.07, 6.45) is 3.65. The lowest BCUT2D eigenvalue weighted by Crippen LogP contribution is -2.54. The van der Waals surface area contributed by atoms with Gasteiger partial charge >= 0.3 is 0 Å². The molecule has 0 unspecified atom stereocenters. The van der Waals surface area contributed by atoms with E-state index in [1.165, 1.54) is 12.1 Å². The van der Waals surface area contributed by atoms with Crippen molar-refractivity contribution in [2.24, 2.45) is 0 Å². The minimum Gasteiger partial charge on any atom is -0.355 e. The number of nitrogens with one attached hydrogen (secondary N) is 4. The number of hydrogen-bond acceptors (Lipinski definition) is 3. The van der Waals surface area contributed by atoms with Crippen molar-refractivity contribution in [3.8, 4) is 0 Å². The Balaban J connectivity index is 1.73. The normalized spacial score (nSPS) is 20.7. The van der Waals surface area contributed by atoms with Crippen LogP contribution in [0, 0.1) is 5.82 Å². The molecule has 128 valence electrons. The number of aromatic nitrogens is 2. The van der Waals surface area contributed by atoms with Gasteiger partial charge in [-0.3, -0.25) is 14.7 Å². The first-order valence-corrected chi connectivity index (χ1v) is 8.12. The third-order valence-corrected chi connectivity index (χ3v) is 4.62. The van der Waals surface area contributed by atoms with Gasteiger partial charge in [-0.2, -0.15) is 0 Å². The van der Waals surface area contributed by atoms with E-state index in [4.69, 9.17) is 0 Å². The van der Waals surface area contributed by atoms with Gasteiger partial charge in [-0.15, -0.1) is 0 Å². The summed E-state index contributed by atoms with van der Waals surface area (Å²) in [6, 6.07) is 6.13. The highest BCUT2D eigenvalue weighted by Crippen LogP contribution is 2.31. The molecule has 3 rings (SSSR count). The summed E-state index contributed by atoms with van der Waals surface area (Å²) in [5.41, 5.74) is 0.550. The quantitative estimate of drug-likeness (QED) is 0.653. The fourth-order valence-corrected chi connectivity index (χ4v) is 3.25. The number of aromatic amines is 2. The van der Waals surface area contributed by atoms with Crippen molar-refractivity contribution in [3.05, 3.63) is 57.8 Å². The van der Waals surface area contributed by atoms with Crippen molar-refractivity contribution in [2.45, 2.75) is 24.7 Å². The van der Waals surface area contributed by atoms with Gasteiger partial charge in [0.15, 0.2) is 0 Å². The van der Waals surface area contributed by atoms with Crippen LogP contribution in [0.2, 0.25) is 0 Å². The summed E-state index contributed by atoms with van der Waals surface area (Å²) in [5.74, 6) is -0.405. The molecule has 6 nitrogen and oxygen atoms in total. The highest BCUT2D eigenvalue weighted by atomic mass is 19.1.